The maximum atomic E-state index is 6.75. The summed E-state index contributed by atoms with van der Waals surface area (Å²) in [7, 11) is 0. The fourth-order valence-corrected chi connectivity index (χ4v) is 6.45. The summed E-state index contributed by atoms with van der Waals surface area (Å²) in [6.45, 7) is 0.0992. The normalized spacial score (nSPS) is 14.4. The highest BCUT2D eigenvalue weighted by Crippen LogP contribution is 2.41. The molecule has 0 atom stereocenters. The van der Waals surface area contributed by atoms with Crippen LogP contribution in [0.15, 0.2) is 145 Å². The fourth-order valence-electron chi connectivity index (χ4n) is 6.45. The zero-order valence-corrected chi connectivity index (χ0v) is 22.1. The lowest BCUT2D eigenvalue weighted by molar-refractivity contribution is 0.487. The summed E-state index contributed by atoms with van der Waals surface area (Å²) in [5.74, 6) is 1.84. The largest absolute Gasteiger partial charge is 0.458 e. The van der Waals surface area contributed by atoms with Gasteiger partial charge in [0.15, 0.2) is 0 Å². The summed E-state index contributed by atoms with van der Waals surface area (Å²) < 4.78 is 6.75. The lowest BCUT2D eigenvalue weighted by Crippen LogP contribution is -2.59. The minimum atomic E-state index is 0.0992. The number of allylic oxidation sites excluding steroid dienone is 4. The van der Waals surface area contributed by atoms with Crippen molar-refractivity contribution in [1.29, 1.82) is 0 Å². The number of anilines is 5. The molecule has 4 heteroatoms. The van der Waals surface area contributed by atoms with Gasteiger partial charge in [0, 0.05) is 40.2 Å². The molecule has 0 N–H and O–H groups in total. The van der Waals surface area contributed by atoms with Gasteiger partial charge in [-0.1, -0.05) is 78.9 Å². The Morgan fingerprint density at radius 3 is 2.25 bits per heavy atom. The average Bonchev–Trinajstić information content (AvgIpc) is 3.02. The number of benzene rings is 5. The smallest absolute Gasteiger partial charge is 0.256 e. The summed E-state index contributed by atoms with van der Waals surface area (Å²) in [6, 6.07) is 43.2. The third-order valence-corrected chi connectivity index (χ3v) is 8.16. The van der Waals surface area contributed by atoms with Gasteiger partial charge in [-0.2, -0.15) is 0 Å². The van der Waals surface area contributed by atoms with Gasteiger partial charge in [0.2, 0.25) is 0 Å². The Hall–Kier alpha value is -4.96. The predicted octanol–water partition coefficient (Wildman–Crippen LogP) is 7.46. The molecule has 5 aromatic carbocycles. The van der Waals surface area contributed by atoms with Crippen molar-refractivity contribution in [3.8, 4) is 11.5 Å². The van der Waals surface area contributed by atoms with Crippen LogP contribution in [0.25, 0.3) is 0 Å². The van der Waals surface area contributed by atoms with Crippen molar-refractivity contribution in [1.82, 2.24) is 0 Å². The Morgan fingerprint density at radius 1 is 0.650 bits per heavy atom. The molecule has 0 aromatic heterocycles. The Balaban J connectivity index is 1.30. The van der Waals surface area contributed by atoms with Crippen molar-refractivity contribution in [3.63, 3.8) is 0 Å². The molecule has 3 aliphatic rings. The van der Waals surface area contributed by atoms with Crippen LogP contribution in [0.5, 0.6) is 11.5 Å². The summed E-state index contributed by atoms with van der Waals surface area (Å²) in [5, 5.41) is 0. The Bertz CT molecular complexity index is 1800. The Kier molecular flexibility index (Phi) is 5.37. The van der Waals surface area contributed by atoms with Crippen LogP contribution in [-0.2, 0) is 0 Å². The lowest BCUT2D eigenvalue weighted by atomic mass is 9.34. The zero-order chi connectivity index (χ0) is 26.5. The molecule has 0 saturated heterocycles. The number of hydrogen-bond donors (Lipinski definition) is 0. The SMILES string of the molecule is C1=CCCC(N(c2ccccc2)c2ccc3c(c2)Oc2cccc4c2B3c2ccccc2N4c2ccccc2)=C1. The van der Waals surface area contributed by atoms with Gasteiger partial charge in [0.1, 0.15) is 11.5 Å². The van der Waals surface area contributed by atoms with Gasteiger partial charge in [-0.15, -0.1) is 0 Å². The molecule has 40 heavy (non-hydrogen) atoms. The van der Waals surface area contributed by atoms with E-state index in [0.29, 0.717) is 0 Å². The molecule has 0 amide bonds. The number of para-hydroxylation sites is 3. The second-order valence-corrected chi connectivity index (χ2v) is 10.5. The van der Waals surface area contributed by atoms with Gasteiger partial charge in [-0.25, -0.2) is 0 Å². The predicted molar refractivity (Wildman–Crippen MR) is 167 cm³/mol. The van der Waals surface area contributed by atoms with E-state index < -0.39 is 0 Å². The van der Waals surface area contributed by atoms with Crippen molar-refractivity contribution >= 4 is 51.5 Å². The minimum Gasteiger partial charge on any atom is -0.458 e. The number of rotatable bonds is 4. The molecular weight excluding hydrogens is 487 g/mol. The highest BCUT2D eigenvalue weighted by molar-refractivity contribution is 6.99. The second-order valence-electron chi connectivity index (χ2n) is 10.5. The van der Waals surface area contributed by atoms with Crippen LogP contribution in [0.2, 0.25) is 0 Å². The first-order chi connectivity index (χ1) is 19.9. The van der Waals surface area contributed by atoms with E-state index in [4.69, 9.17) is 4.74 Å². The highest BCUT2D eigenvalue weighted by Gasteiger charge is 2.41. The van der Waals surface area contributed by atoms with Crippen LogP contribution in [0.4, 0.5) is 28.4 Å². The molecule has 0 saturated carbocycles. The monoisotopic (exact) mass is 514 g/mol. The maximum Gasteiger partial charge on any atom is 0.256 e. The third-order valence-electron chi connectivity index (χ3n) is 8.16. The second kappa shape index (κ2) is 9.35. The van der Waals surface area contributed by atoms with Gasteiger partial charge in [-0.05, 0) is 83.8 Å². The molecule has 0 radical (unpaired) electrons. The van der Waals surface area contributed by atoms with Gasteiger partial charge in [0.25, 0.3) is 6.71 Å². The van der Waals surface area contributed by atoms with Crippen molar-refractivity contribution in [2.45, 2.75) is 12.8 Å². The van der Waals surface area contributed by atoms with E-state index in [-0.39, 0.29) is 6.71 Å². The first-order valence-electron chi connectivity index (χ1n) is 14.0. The Morgan fingerprint density at radius 2 is 1.43 bits per heavy atom. The van der Waals surface area contributed by atoms with Crippen LogP contribution >= 0.6 is 0 Å². The molecule has 1 aliphatic carbocycles. The molecule has 2 aliphatic heterocycles. The van der Waals surface area contributed by atoms with Crippen molar-refractivity contribution in [2.24, 2.45) is 0 Å². The number of hydrogen-bond acceptors (Lipinski definition) is 3. The third kappa shape index (κ3) is 3.60. The number of ether oxygens (including phenoxy) is 1. The van der Waals surface area contributed by atoms with Gasteiger partial charge in [0.05, 0.1) is 0 Å². The molecule has 0 bridgehead atoms. The van der Waals surface area contributed by atoms with Crippen LogP contribution in [-0.4, -0.2) is 6.71 Å². The van der Waals surface area contributed by atoms with E-state index in [1.54, 1.807) is 0 Å². The average molecular weight is 514 g/mol. The summed E-state index contributed by atoms with van der Waals surface area (Å²) >= 11 is 0. The van der Waals surface area contributed by atoms with E-state index in [1.165, 1.54) is 33.5 Å². The Labute approximate surface area is 235 Å². The van der Waals surface area contributed by atoms with Crippen molar-refractivity contribution in [2.75, 3.05) is 9.80 Å². The van der Waals surface area contributed by atoms with Crippen molar-refractivity contribution in [3.05, 3.63) is 145 Å². The van der Waals surface area contributed by atoms with Crippen LogP contribution in [0.1, 0.15) is 12.8 Å². The molecule has 190 valence electrons. The highest BCUT2D eigenvalue weighted by atomic mass is 16.5. The molecule has 0 spiro atoms. The van der Waals surface area contributed by atoms with E-state index >= 15 is 0 Å². The molecular formula is C36H27BN2O. The standard InChI is InChI=1S/C36H27BN2O/c1-4-13-26(14-5-1)38(27-15-6-2-7-16-27)29-23-24-31-35(25-29)40-34-22-12-21-33-36(34)37(31)30-19-10-11-20-32(30)39(33)28-17-8-3-9-18-28/h1-6,8-15,17-25H,7,16H2. The van der Waals surface area contributed by atoms with Gasteiger partial charge in [-0.3, -0.25) is 0 Å². The number of nitrogens with zero attached hydrogens (tertiary/aromatic N) is 2. The summed E-state index contributed by atoms with van der Waals surface area (Å²) in [5.41, 5.74) is 10.8. The molecule has 2 heterocycles. The van der Waals surface area contributed by atoms with Gasteiger partial charge >= 0.3 is 0 Å². The molecule has 5 aromatic rings. The van der Waals surface area contributed by atoms with E-state index in [9.17, 15) is 0 Å². The van der Waals surface area contributed by atoms with E-state index in [0.717, 1.165) is 41.4 Å². The van der Waals surface area contributed by atoms with Crippen LogP contribution in [0, 0.1) is 0 Å². The quantitative estimate of drug-likeness (QED) is 0.227. The number of fused-ring (bicyclic) bond motifs is 4. The maximum absolute atomic E-state index is 6.75. The molecule has 8 rings (SSSR count). The zero-order valence-electron chi connectivity index (χ0n) is 22.1. The topological polar surface area (TPSA) is 15.7 Å². The van der Waals surface area contributed by atoms with Crippen molar-refractivity contribution < 1.29 is 4.74 Å². The minimum absolute atomic E-state index is 0.0992. The van der Waals surface area contributed by atoms with E-state index in [2.05, 4.69) is 149 Å². The first kappa shape index (κ1) is 23.0. The lowest BCUT2D eigenvalue weighted by Gasteiger charge is -2.40. The molecule has 3 nitrogen and oxygen atoms in total. The first-order valence-corrected chi connectivity index (χ1v) is 14.0. The van der Waals surface area contributed by atoms with Crippen LogP contribution < -0.4 is 30.9 Å². The fraction of sp³-hybridized carbons (Fsp3) is 0.0556. The molecule has 0 fully saturated rings. The summed E-state index contributed by atoms with van der Waals surface area (Å²) in [4.78, 5) is 4.73. The van der Waals surface area contributed by atoms with Crippen LogP contribution in [0.3, 0.4) is 0 Å². The molecule has 0 unspecified atom stereocenters. The summed E-state index contributed by atoms with van der Waals surface area (Å²) in [6.07, 6.45) is 8.67. The van der Waals surface area contributed by atoms with E-state index in [1.807, 2.05) is 0 Å². The van der Waals surface area contributed by atoms with Gasteiger partial charge < -0.3 is 14.5 Å².